The first-order valence-corrected chi connectivity index (χ1v) is 7.58. The molecular weight excluding hydrogens is 292 g/mol. The normalized spacial score (nSPS) is 11.3. The van der Waals surface area contributed by atoms with Crippen LogP contribution in [0.1, 0.15) is 43.2 Å². The van der Waals surface area contributed by atoms with Crippen molar-refractivity contribution in [3.63, 3.8) is 0 Å². The second-order valence-electron chi connectivity index (χ2n) is 5.43. The molecule has 0 fully saturated rings. The number of rotatable bonds is 6. The molecule has 6 nitrogen and oxygen atoms in total. The molecule has 0 N–H and O–H groups in total. The summed E-state index contributed by atoms with van der Waals surface area (Å²) in [4.78, 5) is 29.6. The SMILES string of the molecule is CCOC(=O)c1csc(CN(C(=O)COC)C(C)(C)C)n1. The van der Waals surface area contributed by atoms with Crippen LogP contribution in [0, 0.1) is 0 Å². The maximum absolute atomic E-state index is 12.1. The first-order chi connectivity index (χ1) is 9.79. The molecule has 7 heteroatoms. The molecule has 0 saturated heterocycles. The fourth-order valence-electron chi connectivity index (χ4n) is 1.72. The summed E-state index contributed by atoms with van der Waals surface area (Å²) in [5, 5.41) is 2.34. The summed E-state index contributed by atoms with van der Waals surface area (Å²) in [7, 11) is 1.49. The number of carbonyl (C=O) groups is 2. The minimum absolute atomic E-state index is 0.0212. The third kappa shape index (κ3) is 5.09. The van der Waals surface area contributed by atoms with E-state index in [4.69, 9.17) is 9.47 Å². The molecule has 1 aromatic rings. The van der Waals surface area contributed by atoms with Gasteiger partial charge in [0.1, 0.15) is 11.6 Å². The number of hydrogen-bond donors (Lipinski definition) is 0. The summed E-state index contributed by atoms with van der Waals surface area (Å²) in [5.74, 6) is -0.552. The van der Waals surface area contributed by atoms with Gasteiger partial charge in [-0.1, -0.05) is 0 Å². The number of aromatic nitrogens is 1. The topological polar surface area (TPSA) is 68.7 Å². The Balaban J connectivity index is 2.85. The number of methoxy groups -OCH3 is 1. The molecule has 1 heterocycles. The second-order valence-corrected chi connectivity index (χ2v) is 6.37. The minimum atomic E-state index is -0.439. The lowest BCUT2D eigenvalue weighted by Gasteiger charge is -2.35. The van der Waals surface area contributed by atoms with Crippen molar-refractivity contribution in [1.29, 1.82) is 0 Å². The number of esters is 1. The molecular formula is C14H22N2O4S. The Morgan fingerprint density at radius 1 is 1.38 bits per heavy atom. The van der Waals surface area contributed by atoms with Crippen molar-refractivity contribution in [2.75, 3.05) is 20.3 Å². The Morgan fingerprint density at radius 3 is 2.57 bits per heavy atom. The van der Waals surface area contributed by atoms with Crippen LogP contribution in [-0.2, 0) is 20.8 Å². The van der Waals surface area contributed by atoms with E-state index in [1.165, 1.54) is 18.4 Å². The Labute approximate surface area is 129 Å². The highest BCUT2D eigenvalue weighted by Gasteiger charge is 2.27. The average molecular weight is 314 g/mol. The van der Waals surface area contributed by atoms with E-state index in [0.717, 1.165) is 0 Å². The maximum atomic E-state index is 12.1. The quantitative estimate of drug-likeness (QED) is 0.752. The maximum Gasteiger partial charge on any atom is 0.357 e. The minimum Gasteiger partial charge on any atom is -0.461 e. The molecule has 1 aromatic heterocycles. The van der Waals surface area contributed by atoms with Crippen molar-refractivity contribution in [2.45, 2.75) is 39.8 Å². The van der Waals surface area contributed by atoms with Gasteiger partial charge in [0.25, 0.3) is 0 Å². The molecule has 0 aliphatic heterocycles. The van der Waals surface area contributed by atoms with Crippen LogP contribution in [0.2, 0.25) is 0 Å². The Hall–Kier alpha value is -1.47. The number of amides is 1. The Morgan fingerprint density at radius 2 is 2.05 bits per heavy atom. The Bertz CT molecular complexity index is 493. The van der Waals surface area contributed by atoms with Gasteiger partial charge in [0, 0.05) is 18.0 Å². The Kier molecular flexibility index (Phi) is 6.29. The van der Waals surface area contributed by atoms with Crippen LogP contribution >= 0.6 is 11.3 Å². The molecule has 0 spiro atoms. The number of nitrogens with zero attached hydrogens (tertiary/aromatic N) is 2. The summed E-state index contributed by atoms with van der Waals surface area (Å²) in [5.41, 5.74) is -0.0735. The van der Waals surface area contributed by atoms with E-state index in [1.807, 2.05) is 20.8 Å². The lowest BCUT2D eigenvalue weighted by Crippen LogP contribution is -2.46. The summed E-state index contributed by atoms with van der Waals surface area (Å²) in [6, 6.07) is 0. The standard InChI is InChI=1S/C14H22N2O4S/c1-6-20-13(18)10-9-21-11(15-10)7-16(14(2,3)4)12(17)8-19-5/h9H,6-8H2,1-5H3. The highest BCUT2D eigenvalue weighted by atomic mass is 32.1. The first kappa shape index (κ1) is 17.6. The van der Waals surface area contributed by atoms with Gasteiger partial charge in [0.15, 0.2) is 5.69 Å². The van der Waals surface area contributed by atoms with Gasteiger partial charge in [-0.05, 0) is 27.7 Å². The summed E-state index contributed by atoms with van der Waals surface area (Å²) >= 11 is 1.34. The van der Waals surface area contributed by atoms with Crippen LogP contribution in [0.4, 0.5) is 0 Å². The van der Waals surface area contributed by atoms with Crippen LogP contribution < -0.4 is 0 Å². The summed E-state index contributed by atoms with van der Waals surface area (Å²) in [6.07, 6.45) is 0. The monoisotopic (exact) mass is 314 g/mol. The highest BCUT2D eigenvalue weighted by molar-refractivity contribution is 7.09. The van der Waals surface area contributed by atoms with E-state index in [0.29, 0.717) is 18.2 Å². The molecule has 1 amide bonds. The van der Waals surface area contributed by atoms with E-state index < -0.39 is 5.97 Å². The highest BCUT2D eigenvalue weighted by Crippen LogP contribution is 2.20. The van der Waals surface area contributed by atoms with E-state index in [-0.39, 0.29) is 23.7 Å². The van der Waals surface area contributed by atoms with Gasteiger partial charge >= 0.3 is 5.97 Å². The van der Waals surface area contributed by atoms with Gasteiger partial charge in [-0.15, -0.1) is 11.3 Å². The van der Waals surface area contributed by atoms with Crippen molar-refractivity contribution in [3.8, 4) is 0 Å². The predicted molar refractivity (Wildman–Crippen MR) is 80.2 cm³/mol. The van der Waals surface area contributed by atoms with E-state index >= 15 is 0 Å². The molecule has 0 saturated carbocycles. The molecule has 0 aromatic carbocycles. The van der Waals surface area contributed by atoms with Gasteiger partial charge in [-0.3, -0.25) is 4.79 Å². The molecule has 0 atom stereocenters. The van der Waals surface area contributed by atoms with Crippen molar-refractivity contribution < 1.29 is 19.1 Å². The van der Waals surface area contributed by atoms with Crippen molar-refractivity contribution in [2.24, 2.45) is 0 Å². The van der Waals surface area contributed by atoms with Crippen LogP contribution in [0.5, 0.6) is 0 Å². The van der Waals surface area contributed by atoms with Crippen LogP contribution in [-0.4, -0.2) is 47.6 Å². The molecule has 0 aliphatic rings. The lowest BCUT2D eigenvalue weighted by molar-refractivity contribution is -0.140. The summed E-state index contributed by atoms with van der Waals surface area (Å²) in [6.45, 7) is 8.26. The van der Waals surface area contributed by atoms with Gasteiger partial charge in [-0.25, -0.2) is 9.78 Å². The number of carbonyl (C=O) groups excluding carboxylic acids is 2. The zero-order chi connectivity index (χ0) is 16.0. The smallest absolute Gasteiger partial charge is 0.357 e. The molecule has 118 valence electrons. The van der Waals surface area contributed by atoms with Crippen LogP contribution in [0.3, 0.4) is 0 Å². The average Bonchev–Trinajstić information content (AvgIpc) is 2.83. The van der Waals surface area contributed by atoms with Gasteiger partial charge in [0.2, 0.25) is 5.91 Å². The largest absolute Gasteiger partial charge is 0.461 e. The molecule has 0 bridgehead atoms. The van der Waals surface area contributed by atoms with E-state index in [2.05, 4.69) is 4.98 Å². The molecule has 0 unspecified atom stereocenters. The third-order valence-corrected chi connectivity index (χ3v) is 3.54. The molecule has 0 radical (unpaired) electrons. The van der Waals surface area contributed by atoms with Gasteiger partial charge < -0.3 is 14.4 Å². The fourth-order valence-corrected chi connectivity index (χ4v) is 2.47. The van der Waals surface area contributed by atoms with E-state index in [1.54, 1.807) is 17.2 Å². The second kappa shape index (κ2) is 7.51. The van der Waals surface area contributed by atoms with E-state index in [9.17, 15) is 9.59 Å². The lowest BCUT2D eigenvalue weighted by atomic mass is 10.1. The van der Waals surface area contributed by atoms with Gasteiger partial charge in [0.05, 0.1) is 13.2 Å². The number of hydrogen-bond acceptors (Lipinski definition) is 6. The van der Waals surface area contributed by atoms with Crippen molar-refractivity contribution >= 4 is 23.2 Å². The number of ether oxygens (including phenoxy) is 2. The molecule has 1 rings (SSSR count). The third-order valence-electron chi connectivity index (χ3n) is 2.71. The summed E-state index contributed by atoms with van der Waals surface area (Å²) < 4.78 is 9.81. The predicted octanol–water partition coefficient (Wildman–Crippen LogP) is 2.09. The first-order valence-electron chi connectivity index (χ1n) is 6.70. The van der Waals surface area contributed by atoms with Crippen molar-refractivity contribution in [3.05, 3.63) is 16.1 Å². The zero-order valence-electron chi connectivity index (χ0n) is 13.1. The molecule has 21 heavy (non-hydrogen) atoms. The van der Waals surface area contributed by atoms with Crippen molar-refractivity contribution in [1.82, 2.24) is 9.88 Å². The van der Waals surface area contributed by atoms with Gasteiger partial charge in [-0.2, -0.15) is 0 Å². The fraction of sp³-hybridized carbons (Fsp3) is 0.643. The van der Waals surface area contributed by atoms with Crippen LogP contribution in [0.15, 0.2) is 5.38 Å². The van der Waals surface area contributed by atoms with Crippen LogP contribution in [0.25, 0.3) is 0 Å². The number of thiazole rings is 1. The zero-order valence-corrected chi connectivity index (χ0v) is 14.0. The molecule has 0 aliphatic carbocycles.